The summed E-state index contributed by atoms with van der Waals surface area (Å²) in [5, 5.41) is 4.00. The number of nitrogens with one attached hydrogen (secondary N) is 1. The molecule has 0 atom stereocenters. The van der Waals surface area contributed by atoms with E-state index in [1.165, 1.54) is 0 Å². The number of amides is 2. The maximum absolute atomic E-state index is 12.2. The van der Waals surface area contributed by atoms with Gasteiger partial charge in [0, 0.05) is 28.5 Å². The van der Waals surface area contributed by atoms with Crippen LogP contribution in [0.2, 0.25) is 0 Å². The summed E-state index contributed by atoms with van der Waals surface area (Å²) < 4.78 is 0.897. The van der Waals surface area contributed by atoms with Crippen LogP contribution in [-0.4, -0.2) is 24.6 Å². The van der Waals surface area contributed by atoms with Crippen molar-refractivity contribution in [3.05, 3.63) is 64.6 Å². The van der Waals surface area contributed by atoms with E-state index in [4.69, 9.17) is 0 Å². The summed E-state index contributed by atoms with van der Waals surface area (Å²) in [4.78, 5) is 25.8. The van der Waals surface area contributed by atoms with Gasteiger partial charge in [0.1, 0.15) is 0 Å². The van der Waals surface area contributed by atoms with Gasteiger partial charge >= 0.3 is 0 Å². The summed E-state index contributed by atoms with van der Waals surface area (Å²) in [6, 6.07) is 16.3. The summed E-state index contributed by atoms with van der Waals surface area (Å²) >= 11 is 3.32. The molecule has 1 N–H and O–H groups in total. The fourth-order valence-electron chi connectivity index (χ4n) is 1.98. The zero-order valence-electron chi connectivity index (χ0n) is 13.5. The first kappa shape index (κ1) is 17.9. The molecular formula is C18H18BrN3O2. The third kappa shape index (κ3) is 5.03. The topological polar surface area (TPSA) is 61.8 Å². The summed E-state index contributed by atoms with van der Waals surface area (Å²) in [7, 11) is 1.71. The van der Waals surface area contributed by atoms with E-state index in [2.05, 4.69) is 26.5 Å². The molecule has 6 heteroatoms. The van der Waals surface area contributed by atoms with Crippen molar-refractivity contribution in [2.24, 2.45) is 5.10 Å². The van der Waals surface area contributed by atoms with Crippen LogP contribution >= 0.6 is 15.9 Å². The number of rotatable bonds is 5. The van der Waals surface area contributed by atoms with E-state index in [1.807, 2.05) is 30.3 Å². The van der Waals surface area contributed by atoms with E-state index in [-0.39, 0.29) is 18.2 Å². The van der Waals surface area contributed by atoms with Gasteiger partial charge in [0.2, 0.25) is 5.91 Å². The highest BCUT2D eigenvalue weighted by Crippen LogP contribution is 2.12. The highest BCUT2D eigenvalue weighted by Gasteiger charge is 2.12. The molecule has 0 aliphatic rings. The van der Waals surface area contributed by atoms with Crippen molar-refractivity contribution in [3.8, 4) is 0 Å². The summed E-state index contributed by atoms with van der Waals surface area (Å²) in [5.74, 6) is -0.411. The quantitative estimate of drug-likeness (QED) is 0.629. The SMILES string of the molecule is C/C(CC(=O)N(C)c1ccccc1)=N\NC(=O)c1ccc(Br)cc1. The molecule has 2 aromatic rings. The van der Waals surface area contributed by atoms with Gasteiger partial charge in [-0.05, 0) is 43.3 Å². The lowest BCUT2D eigenvalue weighted by Gasteiger charge is -2.17. The minimum absolute atomic E-state index is 0.0969. The Morgan fingerprint density at radius 1 is 1.08 bits per heavy atom. The third-order valence-electron chi connectivity index (χ3n) is 3.38. The third-order valence-corrected chi connectivity index (χ3v) is 3.91. The number of hydrazone groups is 1. The molecule has 0 fully saturated rings. The minimum Gasteiger partial charge on any atom is -0.315 e. The highest BCUT2D eigenvalue weighted by atomic mass is 79.9. The first-order chi connectivity index (χ1) is 11.5. The number of nitrogens with zero attached hydrogens (tertiary/aromatic N) is 2. The molecule has 0 aliphatic heterocycles. The predicted octanol–water partition coefficient (Wildman–Crippen LogP) is 3.61. The van der Waals surface area contributed by atoms with Gasteiger partial charge in [-0.2, -0.15) is 5.10 Å². The van der Waals surface area contributed by atoms with Gasteiger partial charge in [0.15, 0.2) is 0 Å². The standard InChI is InChI=1S/C18H18BrN3O2/c1-13(12-17(23)22(2)16-6-4-3-5-7-16)20-21-18(24)14-8-10-15(19)11-9-14/h3-11H,12H2,1-2H3,(H,21,24)/b20-13+. The van der Waals surface area contributed by atoms with Crippen molar-refractivity contribution < 1.29 is 9.59 Å². The maximum Gasteiger partial charge on any atom is 0.271 e. The summed E-state index contributed by atoms with van der Waals surface area (Å²) in [5.41, 5.74) is 4.32. The lowest BCUT2D eigenvalue weighted by Crippen LogP contribution is -2.28. The zero-order chi connectivity index (χ0) is 17.5. The molecule has 0 saturated heterocycles. The molecule has 2 rings (SSSR count). The van der Waals surface area contributed by atoms with E-state index >= 15 is 0 Å². The molecule has 0 saturated carbocycles. The van der Waals surface area contributed by atoms with Crippen molar-refractivity contribution in [3.63, 3.8) is 0 Å². The smallest absolute Gasteiger partial charge is 0.271 e. The first-order valence-corrected chi connectivity index (χ1v) is 8.17. The lowest BCUT2D eigenvalue weighted by molar-refractivity contribution is -0.117. The number of carbonyl (C=O) groups excluding carboxylic acids is 2. The number of carbonyl (C=O) groups is 2. The monoisotopic (exact) mass is 387 g/mol. The van der Waals surface area contributed by atoms with Crippen LogP contribution in [0.5, 0.6) is 0 Å². The van der Waals surface area contributed by atoms with Gasteiger partial charge in [-0.1, -0.05) is 34.1 Å². The van der Waals surface area contributed by atoms with Gasteiger partial charge in [0.05, 0.1) is 6.42 Å². The van der Waals surface area contributed by atoms with Gasteiger partial charge in [-0.15, -0.1) is 0 Å². The van der Waals surface area contributed by atoms with E-state index in [0.717, 1.165) is 10.2 Å². The number of anilines is 1. The molecule has 0 spiro atoms. The molecule has 2 aromatic carbocycles. The Labute approximate surface area is 149 Å². The molecule has 0 bridgehead atoms. The lowest BCUT2D eigenvalue weighted by atomic mass is 10.2. The van der Waals surface area contributed by atoms with Crippen LogP contribution in [0, 0.1) is 0 Å². The molecular weight excluding hydrogens is 370 g/mol. The summed E-state index contributed by atoms with van der Waals surface area (Å²) in [6.45, 7) is 1.71. The summed E-state index contributed by atoms with van der Waals surface area (Å²) in [6.07, 6.45) is 0.131. The van der Waals surface area contributed by atoms with Crippen molar-refractivity contribution in [2.45, 2.75) is 13.3 Å². The van der Waals surface area contributed by atoms with Crippen LogP contribution < -0.4 is 10.3 Å². The Morgan fingerprint density at radius 3 is 2.33 bits per heavy atom. The molecule has 0 radical (unpaired) electrons. The molecule has 0 aliphatic carbocycles. The van der Waals surface area contributed by atoms with Gasteiger partial charge < -0.3 is 4.90 Å². The van der Waals surface area contributed by atoms with Crippen molar-refractivity contribution in [1.82, 2.24) is 5.43 Å². The van der Waals surface area contributed by atoms with Crippen LogP contribution in [0.1, 0.15) is 23.7 Å². The van der Waals surface area contributed by atoms with Crippen LogP contribution in [0.4, 0.5) is 5.69 Å². The number of hydrogen-bond donors (Lipinski definition) is 1. The average molecular weight is 388 g/mol. The van der Waals surface area contributed by atoms with E-state index in [9.17, 15) is 9.59 Å². The predicted molar refractivity (Wildman–Crippen MR) is 99.2 cm³/mol. The fraction of sp³-hybridized carbons (Fsp3) is 0.167. The molecule has 24 heavy (non-hydrogen) atoms. The Kier molecular flexibility index (Phi) is 6.26. The first-order valence-electron chi connectivity index (χ1n) is 7.38. The average Bonchev–Trinajstić information content (AvgIpc) is 2.60. The van der Waals surface area contributed by atoms with Crippen LogP contribution in [0.25, 0.3) is 0 Å². The number of benzene rings is 2. The highest BCUT2D eigenvalue weighted by molar-refractivity contribution is 9.10. The fourth-order valence-corrected chi connectivity index (χ4v) is 2.25. The molecule has 0 aromatic heterocycles. The number of hydrogen-bond acceptors (Lipinski definition) is 3. The minimum atomic E-state index is -0.314. The van der Waals surface area contributed by atoms with Crippen molar-refractivity contribution in [2.75, 3.05) is 11.9 Å². The Balaban J connectivity index is 1.92. The molecule has 0 unspecified atom stereocenters. The number of halogens is 1. The van der Waals surface area contributed by atoms with Crippen molar-refractivity contribution >= 4 is 39.1 Å². The Hall–Kier alpha value is -2.47. The van der Waals surface area contributed by atoms with Gasteiger partial charge in [0.25, 0.3) is 5.91 Å². The Bertz CT molecular complexity index is 743. The second kappa shape index (κ2) is 8.40. The van der Waals surface area contributed by atoms with Crippen LogP contribution in [0.15, 0.2) is 64.2 Å². The molecule has 2 amide bonds. The molecule has 0 heterocycles. The normalized spacial score (nSPS) is 11.0. The molecule has 124 valence electrons. The van der Waals surface area contributed by atoms with Crippen molar-refractivity contribution in [1.29, 1.82) is 0 Å². The van der Waals surface area contributed by atoms with Crippen LogP contribution in [0.3, 0.4) is 0 Å². The number of para-hydroxylation sites is 1. The zero-order valence-corrected chi connectivity index (χ0v) is 15.1. The second-order valence-corrected chi connectivity index (χ2v) is 6.18. The maximum atomic E-state index is 12.2. The Morgan fingerprint density at radius 2 is 1.71 bits per heavy atom. The van der Waals surface area contributed by atoms with Gasteiger partial charge in [-0.3, -0.25) is 9.59 Å². The van der Waals surface area contributed by atoms with Gasteiger partial charge in [-0.25, -0.2) is 5.43 Å². The van der Waals surface area contributed by atoms with E-state index in [1.54, 1.807) is 43.1 Å². The largest absolute Gasteiger partial charge is 0.315 e. The van der Waals surface area contributed by atoms with Crippen LogP contribution in [-0.2, 0) is 4.79 Å². The van der Waals surface area contributed by atoms with E-state index in [0.29, 0.717) is 11.3 Å². The molecule has 5 nitrogen and oxygen atoms in total. The van der Waals surface area contributed by atoms with E-state index < -0.39 is 0 Å². The second-order valence-electron chi connectivity index (χ2n) is 5.26.